The third-order valence-electron chi connectivity index (χ3n) is 0.456. The Morgan fingerprint density at radius 2 is 1.89 bits per heavy atom. The summed E-state index contributed by atoms with van der Waals surface area (Å²) in [7, 11) is -6.01. The van der Waals surface area contributed by atoms with Crippen LogP contribution in [0.25, 0.3) is 0 Å². The molecule has 0 radical (unpaired) electrons. The minimum Gasteiger partial charge on any atom is -0.228 e. The van der Waals surface area contributed by atoms with Gasteiger partial charge in [0.05, 0.1) is 0 Å². The van der Waals surface area contributed by atoms with E-state index in [2.05, 4.69) is 0 Å². The van der Waals surface area contributed by atoms with Crippen LogP contribution in [0.15, 0.2) is 0 Å². The second-order valence-corrected chi connectivity index (χ2v) is 4.46. The van der Waals surface area contributed by atoms with E-state index in [1.165, 1.54) is 0 Å². The average Bonchev–Trinajstić information content (AvgIpc) is 1.59. The van der Waals surface area contributed by atoms with Crippen LogP contribution in [-0.2, 0) is 20.7 Å². The Kier molecular flexibility index (Phi) is 3.09. The molecule has 0 rings (SSSR count). The fourth-order valence-electron chi connectivity index (χ4n) is 0.170. The molecule has 0 aromatic carbocycles. The van der Waals surface area contributed by atoms with Crippen LogP contribution in [0.3, 0.4) is 0 Å². The maximum Gasteiger partial charge on any atom is 0.202 e. The number of thiol groups is 1. The molecule has 9 heavy (non-hydrogen) atoms. The van der Waals surface area contributed by atoms with Gasteiger partial charge < -0.3 is 0 Å². The standard InChI is InChI=1S/C2H7NO4S2/c1-9(6,7)2-3-8(4)5/h8H,2H2,1H3,(H,3,4,5). The minimum atomic E-state index is -3.21. The van der Waals surface area contributed by atoms with Gasteiger partial charge in [0.15, 0.2) is 9.84 Å². The predicted octanol–water partition coefficient (Wildman–Crippen LogP) is -1.90. The van der Waals surface area contributed by atoms with Crippen LogP contribution in [0.4, 0.5) is 0 Å². The molecule has 0 heterocycles. The fraction of sp³-hybridized carbons (Fsp3) is 1.00. The lowest BCUT2D eigenvalue weighted by Crippen LogP contribution is -2.20. The van der Waals surface area contributed by atoms with Gasteiger partial charge in [-0.15, -0.1) is 0 Å². The van der Waals surface area contributed by atoms with Gasteiger partial charge in [-0.25, -0.2) is 21.6 Å². The first-order valence-corrected chi connectivity index (χ1v) is 5.21. The van der Waals surface area contributed by atoms with E-state index in [0.29, 0.717) is 0 Å². The maximum absolute atomic E-state index is 10.2. The number of hydrogen-bond donors (Lipinski definition) is 2. The third-order valence-corrected chi connectivity index (χ3v) is 1.75. The van der Waals surface area contributed by atoms with Gasteiger partial charge >= 0.3 is 0 Å². The zero-order valence-electron chi connectivity index (χ0n) is 4.70. The molecule has 56 valence electrons. The summed E-state index contributed by atoms with van der Waals surface area (Å²) in [6.45, 7) is 0. The first-order chi connectivity index (χ1) is 3.92. The van der Waals surface area contributed by atoms with Crippen molar-refractivity contribution >= 4 is 20.7 Å². The predicted molar refractivity (Wildman–Crippen MR) is 33.2 cm³/mol. The van der Waals surface area contributed by atoms with Crippen LogP contribution in [-0.4, -0.2) is 29.0 Å². The molecule has 0 aliphatic heterocycles. The molecule has 5 nitrogen and oxygen atoms in total. The molecule has 0 spiro atoms. The second-order valence-electron chi connectivity index (χ2n) is 1.49. The maximum atomic E-state index is 10.2. The van der Waals surface area contributed by atoms with E-state index < -0.39 is 26.6 Å². The molecule has 0 aliphatic rings. The lowest BCUT2D eigenvalue weighted by Gasteiger charge is -1.90. The summed E-state index contributed by atoms with van der Waals surface area (Å²) in [5.41, 5.74) is 0. The normalized spacial score (nSPS) is 12.2. The van der Waals surface area contributed by atoms with Crippen LogP contribution in [0, 0.1) is 0 Å². The van der Waals surface area contributed by atoms with Crippen molar-refractivity contribution in [1.82, 2.24) is 4.72 Å². The monoisotopic (exact) mass is 173 g/mol. The molecular formula is C2H7NO4S2. The highest BCUT2D eigenvalue weighted by Gasteiger charge is 1.99. The first kappa shape index (κ1) is 8.86. The number of rotatable bonds is 3. The average molecular weight is 173 g/mol. The van der Waals surface area contributed by atoms with Gasteiger partial charge in [-0.2, -0.15) is 0 Å². The highest BCUT2D eigenvalue weighted by Crippen LogP contribution is 1.74. The van der Waals surface area contributed by atoms with Crippen molar-refractivity contribution in [2.24, 2.45) is 0 Å². The summed E-state index contributed by atoms with van der Waals surface area (Å²) in [5, 5.41) is 0. The van der Waals surface area contributed by atoms with Crippen molar-refractivity contribution in [3.05, 3.63) is 0 Å². The summed E-state index contributed by atoms with van der Waals surface area (Å²) in [6.07, 6.45) is 0.943. The van der Waals surface area contributed by atoms with E-state index in [0.717, 1.165) is 6.26 Å². The molecule has 0 aromatic heterocycles. The second kappa shape index (κ2) is 3.14. The molecule has 1 N–H and O–H groups in total. The van der Waals surface area contributed by atoms with Crippen LogP contribution < -0.4 is 4.72 Å². The summed E-state index contributed by atoms with van der Waals surface area (Å²) in [4.78, 5) is 0. The summed E-state index contributed by atoms with van der Waals surface area (Å²) < 4.78 is 41.6. The first-order valence-electron chi connectivity index (χ1n) is 1.97. The molecule has 0 unspecified atom stereocenters. The molecule has 0 saturated carbocycles. The largest absolute Gasteiger partial charge is 0.228 e. The van der Waals surface area contributed by atoms with Gasteiger partial charge in [-0.3, -0.25) is 0 Å². The van der Waals surface area contributed by atoms with Crippen LogP contribution in [0.5, 0.6) is 0 Å². The van der Waals surface area contributed by atoms with Gasteiger partial charge in [-0.05, 0) is 0 Å². The quantitative estimate of drug-likeness (QED) is 0.489. The Hall–Kier alpha value is -0.140. The lowest BCUT2D eigenvalue weighted by molar-refractivity contribution is 0.590. The van der Waals surface area contributed by atoms with Crippen molar-refractivity contribution in [2.45, 2.75) is 0 Å². The molecule has 0 aliphatic carbocycles. The van der Waals surface area contributed by atoms with Crippen molar-refractivity contribution in [1.29, 1.82) is 0 Å². The van der Waals surface area contributed by atoms with E-state index in [9.17, 15) is 16.8 Å². The number of nitrogens with one attached hydrogen (secondary N) is 1. The Labute approximate surface area is 55.1 Å². The van der Waals surface area contributed by atoms with E-state index >= 15 is 0 Å². The van der Waals surface area contributed by atoms with Gasteiger partial charge in [0.2, 0.25) is 10.9 Å². The van der Waals surface area contributed by atoms with Gasteiger partial charge in [-0.1, -0.05) is 0 Å². The Bertz CT molecular complexity index is 229. The lowest BCUT2D eigenvalue weighted by atomic mass is 11.5. The molecule has 7 heteroatoms. The highest BCUT2D eigenvalue weighted by molar-refractivity contribution is 7.91. The smallest absolute Gasteiger partial charge is 0.202 e. The van der Waals surface area contributed by atoms with Gasteiger partial charge in [0.1, 0.15) is 5.88 Å². The zero-order valence-corrected chi connectivity index (χ0v) is 6.41. The van der Waals surface area contributed by atoms with E-state index in [1.807, 2.05) is 0 Å². The van der Waals surface area contributed by atoms with Gasteiger partial charge in [0, 0.05) is 6.26 Å². The third kappa shape index (κ3) is 7.86. The van der Waals surface area contributed by atoms with Crippen molar-refractivity contribution < 1.29 is 16.8 Å². The van der Waals surface area contributed by atoms with Gasteiger partial charge in [0.25, 0.3) is 0 Å². The summed E-state index contributed by atoms with van der Waals surface area (Å²) >= 11 is 0. The molecule has 0 saturated heterocycles. The van der Waals surface area contributed by atoms with E-state index in [1.54, 1.807) is 4.72 Å². The van der Waals surface area contributed by atoms with Crippen LogP contribution in [0.2, 0.25) is 0 Å². The summed E-state index contributed by atoms with van der Waals surface area (Å²) in [5.74, 6) is -0.522. The fourth-order valence-corrected chi connectivity index (χ4v) is 1.53. The zero-order chi connectivity index (χ0) is 7.49. The molecule has 0 atom stereocenters. The van der Waals surface area contributed by atoms with E-state index in [-0.39, 0.29) is 0 Å². The molecule has 0 amide bonds. The molecule has 0 aromatic rings. The van der Waals surface area contributed by atoms with Crippen molar-refractivity contribution in [3.8, 4) is 0 Å². The van der Waals surface area contributed by atoms with Crippen LogP contribution in [0.1, 0.15) is 0 Å². The van der Waals surface area contributed by atoms with Crippen molar-refractivity contribution in [3.63, 3.8) is 0 Å². The molecular weight excluding hydrogens is 166 g/mol. The number of sulfone groups is 1. The minimum absolute atomic E-state index is 0.522. The Morgan fingerprint density at radius 3 is 2.00 bits per heavy atom. The van der Waals surface area contributed by atoms with E-state index in [4.69, 9.17) is 0 Å². The topological polar surface area (TPSA) is 80.3 Å². The molecule has 0 fully saturated rings. The van der Waals surface area contributed by atoms with Crippen molar-refractivity contribution in [2.75, 3.05) is 12.1 Å². The number of hydrogen-bond acceptors (Lipinski definition) is 4. The summed E-state index contributed by atoms with van der Waals surface area (Å²) in [6, 6.07) is 0. The highest BCUT2D eigenvalue weighted by atomic mass is 32.2. The Balaban J connectivity index is 3.81. The van der Waals surface area contributed by atoms with Crippen LogP contribution >= 0.6 is 0 Å². The Morgan fingerprint density at radius 1 is 1.44 bits per heavy atom. The SMILES string of the molecule is CS(=O)(=O)CN[SH](=O)=O. The molecule has 0 bridgehead atoms.